The number of anilines is 1. The van der Waals surface area contributed by atoms with Crippen LogP contribution in [0.15, 0.2) is 45.6 Å². The van der Waals surface area contributed by atoms with Gasteiger partial charge in [0.25, 0.3) is 0 Å². The predicted octanol–water partition coefficient (Wildman–Crippen LogP) is 1.81. The molecule has 1 fully saturated rings. The van der Waals surface area contributed by atoms with Crippen LogP contribution in [0.2, 0.25) is 0 Å². The molecule has 1 aliphatic heterocycles. The Bertz CT molecular complexity index is 682. The fourth-order valence-electron chi connectivity index (χ4n) is 2.09. The Morgan fingerprint density at radius 2 is 1.81 bits per heavy atom. The van der Waals surface area contributed by atoms with Gasteiger partial charge in [-0.3, -0.25) is 0 Å². The topological polar surface area (TPSA) is 62.3 Å². The Morgan fingerprint density at radius 3 is 2.48 bits per heavy atom. The van der Waals surface area contributed by atoms with Crippen LogP contribution in [0.4, 0.5) is 5.13 Å². The number of piperazine rings is 1. The number of nitrogens with one attached hydrogen (secondary N) is 1. The second-order valence-electron chi connectivity index (χ2n) is 4.52. The first kappa shape index (κ1) is 16.2. The van der Waals surface area contributed by atoms with Gasteiger partial charge in [-0.05, 0) is 12.1 Å². The molecule has 8 heteroatoms. The number of benzene rings is 1. The highest BCUT2D eigenvalue weighted by Crippen LogP contribution is 2.30. The van der Waals surface area contributed by atoms with Crippen LogP contribution in [0.1, 0.15) is 0 Å². The van der Waals surface area contributed by atoms with Crippen molar-refractivity contribution in [2.75, 3.05) is 31.1 Å². The maximum absolute atomic E-state index is 12.5. The quantitative estimate of drug-likeness (QED) is 0.919. The van der Waals surface area contributed by atoms with Gasteiger partial charge in [-0.2, -0.15) is 0 Å². The predicted molar refractivity (Wildman–Crippen MR) is 86.3 cm³/mol. The summed E-state index contributed by atoms with van der Waals surface area (Å²) >= 11 is 1.24. The summed E-state index contributed by atoms with van der Waals surface area (Å²) in [5, 5.41) is 4.04. The molecular formula is C13H16ClN3O2S2. The molecule has 0 atom stereocenters. The lowest BCUT2D eigenvalue weighted by atomic mass is 10.4. The molecule has 3 rings (SSSR count). The zero-order valence-electron chi connectivity index (χ0n) is 11.2. The number of rotatable bonds is 3. The molecule has 1 aromatic carbocycles. The van der Waals surface area contributed by atoms with Crippen molar-refractivity contribution in [2.24, 2.45) is 0 Å². The Hall–Kier alpha value is -1.15. The van der Waals surface area contributed by atoms with Gasteiger partial charge in [-0.25, -0.2) is 13.4 Å². The summed E-state index contributed by atoms with van der Waals surface area (Å²) in [5.41, 5.74) is 0. The summed E-state index contributed by atoms with van der Waals surface area (Å²) in [6.45, 7) is 3.53. The van der Waals surface area contributed by atoms with E-state index < -0.39 is 9.84 Å². The van der Waals surface area contributed by atoms with E-state index in [0.29, 0.717) is 9.10 Å². The van der Waals surface area contributed by atoms with Gasteiger partial charge in [0.2, 0.25) is 9.84 Å². The fraction of sp³-hybridized carbons (Fsp3) is 0.308. The number of nitrogens with zero attached hydrogens (tertiary/aromatic N) is 2. The number of halogens is 1. The van der Waals surface area contributed by atoms with Gasteiger partial charge in [-0.1, -0.05) is 29.5 Å². The van der Waals surface area contributed by atoms with E-state index >= 15 is 0 Å². The minimum Gasteiger partial charge on any atom is -0.346 e. The van der Waals surface area contributed by atoms with Gasteiger partial charge >= 0.3 is 0 Å². The third-order valence-corrected chi connectivity index (χ3v) is 6.47. The molecule has 0 radical (unpaired) electrons. The summed E-state index contributed by atoms with van der Waals surface area (Å²) in [7, 11) is -3.44. The third-order valence-electron chi connectivity index (χ3n) is 3.18. The zero-order valence-corrected chi connectivity index (χ0v) is 13.7. The lowest BCUT2D eigenvalue weighted by Crippen LogP contribution is -2.43. The maximum Gasteiger partial charge on any atom is 0.217 e. The number of aromatic nitrogens is 1. The zero-order chi connectivity index (χ0) is 14.0. The Labute approximate surface area is 134 Å². The van der Waals surface area contributed by atoms with Crippen molar-refractivity contribution in [3.8, 4) is 0 Å². The van der Waals surface area contributed by atoms with E-state index in [4.69, 9.17) is 0 Å². The van der Waals surface area contributed by atoms with E-state index in [2.05, 4.69) is 15.2 Å². The van der Waals surface area contributed by atoms with Gasteiger partial charge in [0.1, 0.15) is 4.21 Å². The molecule has 21 heavy (non-hydrogen) atoms. The average Bonchev–Trinajstić information content (AvgIpc) is 3.00. The van der Waals surface area contributed by atoms with Gasteiger partial charge in [0.15, 0.2) is 5.13 Å². The van der Waals surface area contributed by atoms with Gasteiger partial charge in [0.05, 0.1) is 11.1 Å². The number of hydrogen-bond acceptors (Lipinski definition) is 6. The molecule has 0 spiro atoms. The summed E-state index contributed by atoms with van der Waals surface area (Å²) < 4.78 is 25.2. The largest absolute Gasteiger partial charge is 0.346 e. The molecule has 2 heterocycles. The van der Waals surface area contributed by atoms with E-state index in [-0.39, 0.29) is 12.4 Å². The monoisotopic (exact) mass is 345 g/mol. The first-order valence-electron chi connectivity index (χ1n) is 6.39. The standard InChI is InChI=1S/C13H15N3O2S2.ClH/c17-20(18,11-4-2-1-3-5-11)12-10-15-13(19-12)16-8-6-14-7-9-16;/h1-5,10,14H,6-9H2;1H. The van der Waals surface area contributed by atoms with Crippen molar-refractivity contribution in [3.05, 3.63) is 36.5 Å². The van der Waals surface area contributed by atoms with Crippen LogP contribution in [0, 0.1) is 0 Å². The number of hydrogen-bond donors (Lipinski definition) is 1. The fourth-order valence-corrected chi connectivity index (χ4v) is 4.69. The van der Waals surface area contributed by atoms with E-state index in [1.54, 1.807) is 30.3 Å². The minimum absolute atomic E-state index is 0. The highest BCUT2D eigenvalue weighted by molar-refractivity contribution is 7.93. The van der Waals surface area contributed by atoms with E-state index in [1.165, 1.54) is 17.5 Å². The first-order chi connectivity index (χ1) is 9.68. The van der Waals surface area contributed by atoms with Crippen LogP contribution < -0.4 is 10.2 Å². The molecule has 0 unspecified atom stereocenters. The highest BCUT2D eigenvalue weighted by atomic mass is 35.5. The molecule has 0 aliphatic carbocycles. The van der Waals surface area contributed by atoms with E-state index in [9.17, 15) is 8.42 Å². The van der Waals surface area contributed by atoms with Gasteiger partial charge < -0.3 is 10.2 Å². The summed E-state index contributed by atoms with van der Waals surface area (Å²) in [4.78, 5) is 6.70. The molecule has 5 nitrogen and oxygen atoms in total. The maximum atomic E-state index is 12.5. The molecule has 2 aromatic rings. The van der Waals surface area contributed by atoms with Crippen LogP contribution in [0.5, 0.6) is 0 Å². The van der Waals surface area contributed by atoms with Crippen molar-refractivity contribution in [1.82, 2.24) is 10.3 Å². The van der Waals surface area contributed by atoms with Crippen molar-refractivity contribution < 1.29 is 8.42 Å². The van der Waals surface area contributed by atoms with E-state index in [1.807, 2.05) is 0 Å². The lowest BCUT2D eigenvalue weighted by molar-refractivity contribution is 0.588. The molecule has 1 N–H and O–H groups in total. The van der Waals surface area contributed by atoms with Gasteiger partial charge in [-0.15, -0.1) is 12.4 Å². The van der Waals surface area contributed by atoms with Crippen molar-refractivity contribution in [3.63, 3.8) is 0 Å². The van der Waals surface area contributed by atoms with E-state index in [0.717, 1.165) is 31.3 Å². The molecule has 1 aromatic heterocycles. The Balaban J connectivity index is 0.00000161. The van der Waals surface area contributed by atoms with Crippen LogP contribution in [-0.4, -0.2) is 39.6 Å². The molecule has 0 amide bonds. The minimum atomic E-state index is -3.44. The Kier molecular flexibility index (Phi) is 5.21. The molecular weight excluding hydrogens is 330 g/mol. The highest BCUT2D eigenvalue weighted by Gasteiger charge is 2.22. The Morgan fingerprint density at radius 1 is 1.14 bits per heavy atom. The first-order valence-corrected chi connectivity index (χ1v) is 8.69. The smallest absolute Gasteiger partial charge is 0.217 e. The van der Waals surface area contributed by atoms with Gasteiger partial charge in [0, 0.05) is 26.2 Å². The third kappa shape index (κ3) is 3.37. The molecule has 0 bridgehead atoms. The average molecular weight is 346 g/mol. The van der Waals surface area contributed by atoms with Crippen LogP contribution in [0.25, 0.3) is 0 Å². The molecule has 114 valence electrons. The lowest BCUT2D eigenvalue weighted by Gasteiger charge is -2.26. The number of thiazole rings is 1. The van der Waals surface area contributed by atoms with Crippen molar-refractivity contribution in [1.29, 1.82) is 0 Å². The van der Waals surface area contributed by atoms with Crippen LogP contribution in [0.3, 0.4) is 0 Å². The number of sulfone groups is 1. The summed E-state index contributed by atoms with van der Waals surface area (Å²) in [6, 6.07) is 8.48. The SMILES string of the molecule is Cl.O=S(=O)(c1ccccc1)c1cnc(N2CCNCC2)s1. The summed E-state index contributed by atoms with van der Waals surface area (Å²) in [5.74, 6) is 0. The second kappa shape index (κ2) is 6.74. The molecule has 0 saturated carbocycles. The summed E-state index contributed by atoms with van der Waals surface area (Å²) in [6.07, 6.45) is 1.46. The van der Waals surface area contributed by atoms with Crippen LogP contribution in [-0.2, 0) is 9.84 Å². The molecule has 1 saturated heterocycles. The van der Waals surface area contributed by atoms with Crippen molar-refractivity contribution >= 4 is 38.7 Å². The normalized spacial score (nSPS) is 15.5. The van der Waals surface area contributed by atoms with Crippen LogP contribution >= 0.6 is 23.7 Å². The van der Waals surface area contributed by atoms with Crippen molar-refractivity contribution in [2.45, 2.75) is 9.10 Å². The second-order valence-corrected chi connectivity index (χ2v) is 7.70. The molecule has 1 aliphatic rings.